The Morgan fingerprint density at radius 1 is 1.22 bits per heavy atom. The zero-order chi connectivity index (χ0) is 26.5. The molecular weight excluding hydrogens is 549 g/mol. The van der Waals surface area contributed by atoms with E-state index in [1.807, 2.05) is 37.3 Å². The standard InChI is InChI=1S/C27H33BrFNO5S/c1-5-8-14-27(6-2)17-21(19-12-10-9-11-13-19)20-15-22(28)24(16-25(20)36(32,33)30(27)4)35-18-23(29)26(31)34-7-3/h9-13,15-16,18,21H,5-8,14,17H2,1-4H3/b23-18-. The third-order valence-electron chi connectivity index (χ3n) is 6.95. The van der Waals surface area contributed by atoms with Gasteiger partial charge >= 0.3 is 5.97 Å². The van der Waals surface area contributed by atoms with Crippen molar-refractivity contribution < 1.29 is 27.1 Å². The van der Waals surface area contributed by atoms with Gasteiger partial charge in [0.2, 0.25) is 15.9 Å². The first kappa shape index (κ1) is 28.3. The highest BCUT2D eigenvalue weighted by Gasteiger charge is 2.46. The van der Waals surface area contributed by atoms with Gasteiger partial charge in [-0.1, -0.05) is 57.0 Å². The van der Waals surface area contributed by atoms with Crippen LogP contribution in [0.1, 0.15) is 69.9 Å². The summed E-state index contributed by atoms with van der Waals surface area (Å²) < 4.78 is 54.2. The van der Waals surface area contributed by atoms with Gasteiger partial charge in [-0.05, 0) is 59.3 Å². The zero-order valence-corrected chi connectivity index (χ0v) is 23.5. The molecule has 0 fully saturated rings. The maximum atomic E-state index is 14.1. The van der Waals surface area contributed by atoms with Crippen LogP contribution in [0.4, 0.5) is 4.39 Å². The van der Waals surface area contributed by atoms with E-state index in [2.05, 4.69) is 27.6 Å². The zero-order valence-electron chi connectivity index (χ0n) is 21.1. The number of ether oxygens (including phenoxy) is 2. The van der Waals surface area contributed by atoms with Gasteiger partial charge in [-0.25, -0.2) is 13.2 Å². The van der Waals surface area contributed by atoms with Crippen LogP contribution in [-0.2, 0) is 19.6 Å². The molecule has 0 saturated carbocycles. The summed E-state index contributed by atoms with van der Waals surface area (Å²) in [5.74, 6) is -2.47. The van der Waals surface area contributed by atoms with Crippen LogP contribution in [-0.4, -0.2) is 37.9 Å². The first-order valence-corrected chi connectivity index (χ1v) is 14.4. The highest BCUT2D eigenvalue weighted by molar-refractivity contribution is 9.10. The van der Waals surface area contributed by atoms with Crippen molar-refractivity contribution in [1.29, 1.82) is 0 Å². The lowest BCUT2D eigenvalue weighted by molar-refractivity contribution is -0.140. The summed E-state index contributed by atoms with van der Waals surface area (Å²) in [4.78, 5) is 11.7. The molecular formula is C27H33BrFNO5S. The number of carbonyl (C=O) groups is 1. The monoisotopic (exact) mass is 581 g/mol. The molecule has 0 N–H and O–H groups in total. The minimum absolute atomic E-state index is 0.0191. The van der Waals surface area contributed by atoms with Crippen molar-refractivity contribution in [2.24, 2.45) is 0 Å². The van der Waals surface area contributed by atoms with Crippen LogP contribution in [0.15, 0.2) is 63.9 Å². The van der Waals surface area contributed by atoms with E-state index in [1.54, 1.807) is 20.0 Å². The Balaban J connectivity index is 2.19. The Labute approximate surface area is 221 Å². The average molecular weight is 583 g/mol. The minimum atomic E-state index is -3.92. The van der Waals surface area contributed by atoms with Gasteiger partial charge in [-0.2, -0.15) is 8.70 Å². The van der Waals surface area contributed by atoms with Crippen molar-refractivity contribution in [2.75, 3.05) is 13.7 Å². The number of sulfonamides is 1. The van der Waals surface area contributed by atoms with Crippen molar-refractivity contribution in [3.05, 3.63) is 70.2 Å². The summed E-state index contributed by atoms with van der Waals surface area (Å²) in [5, 5.41) is 0. The lowest BCUT2D eigenvalue weighted by Crippen LogP contribution is -2.48. The molecule has 36 heavy (non-hydrogen) atoms. The van der Waals surface area contributed by atoms with Gasteiger partial charge in [0.25, 0.3) is 0 Å². The number of hydrogen-bond acceptors (Lipinski definition) is 5. The summed E-state index contributed by atoms with van der Waals surface area (Å²) in [7, 11) is -2.28. The van der Waals surface area contributed by atoms with Crippen molar-refractivity contribution >= 4 is 31.9 Å². The normalized spacial score (nSPS) is 21.9. The van der Waals surface area contributed by atoms with Crippen molar-refractivity contribution in [3.63, 3.8) is 0 Å². The Morgan fingerprint density at radius 2 is 1.92 bits per heavy atom. The van der Waals surface area contributed by atoms with Gasteiger partial charge in [0.1, 0.15) is 12.0 Å². The number of fused-ring (bicyclic) bond motifs is 1. The van der Waals surface area contributed by atoms with E-state index in [0.29, 0.717) is 29.1 Å². The molecule has 1 aliphatic heterocycles. The Kier molecular flexibility index (Phi) is 9.35. The van der Waals surface area contributed by atoms with Crippen LogP contribution >= 0.6 is 15.9 Å². The van der Waals surface area contributed by atoms with Crippen LogP contribution in [0.3, 0.4) is 0 Å². The predicted octanol–water partition coefficient (Wildman–Crippen LogP) is 6.70. The third-order valence-corrected chi connectivity index (χ3v) is 9.58. The van der Waals surface area contributed by atoms with Crippen molar-refractivity contribution in [2.45, 2.75) is 69.2 Å². The smallest absolute Gasteiger partial charge is 0.370 e. The van der Waals surface area contributed by atoms with E-state index < -0.39 is 27.4 Å². The SMILES string of the molecule is CCCCC1(CC)CC(c2ccccc2)c2cc(Br)c(O/C=C(\F)C(=O)OCC)cc2S(=O)(=O)N1C. The molecule has 2 aromatic carbocycles. The summed E-state index contributed by atoms with van der Waals surface area (Å²) >= 11 is 3.46. The second kappa shape index (κ2) is 11.9. The topological polar surface area (TPSA) is 72.9 Å². The predicted molar refractivity (Wildman–Crippen MR) is 141 cm³/mol. The molecule has 2 atom stereocenters. The van der Waals surface area contributed by atoms with E-state index in [-0.39, 0.29) is 23.2 Å². The fourth-order valence-electron chi connectivity index (χ4n) is 4.81. The molecule has 0 saturated heterocycles. The number of carbonyl (C=O) groups excluding carboxylic acids is 1. The van der Waals surface area contributed by atoms with E-state index >= 15 is 0 Å². The molecule has 0 bridgehead atoms. The van der Waals surface area contributed by atoms with Gasteiger partial charge < -0.3 is 9.47 Å². The molecule has 3 rings (SSSR count). The van der Waals surface area contributed by atoms with Crippen LogP contribution in [0.2, 0.25) is 0 Å². The van der Waals surface area contributed by atoms with Gasteiger partial charge in [0.05, 0.1) is 16.0 Å². The third kappa shape index (κ3) is 5.68. The number of benzene rings is 2. The molecule has 9 heteroatoms. The molecule has 2 unspecified atom stereocenters. The number of nitrogens with zero attached hydrogens (tertiary/aromatic N) is 1. The van der Waals surface area contributed by atoms with Crippen LogP contribution in [0.25, 0.3) is 0 Å². The first-order chi connectivity index (χ1) is 17.1. The molecule has 0 aromatic heterocycles. The molecule has 1 aliphatic rings. The number of rotatable bonds is 9. The quantitative estimate of drug-likeness (QED) is 0.187. The largest absolute Gasteiger partial charge is 0.461 e. The highest BCUT2D eigenvalue weighted by atomic mass is 79.9. The van der Waals surface area contributed by atoms with Gasteiger partial charge in [0.15, 0.2) is 0 Å². The van der Waals surface area contributed by atoms with Gasteiger partial charge in [0, 0.05) is 24.6 Å². The fraction of sp³-hybridized carbons (Fsp3) is 0.444. The molecule has 0 amide bonds. The second-order valence-electron chi connectivity index (χ2n) is 8.95. The summed E-state index contributed by atoms with van der Waals surface area (Å²) in [6.45, 7) is 5.72. The average Bonchev–Trinajstić information content (AvgIpc) is 2.94. The molecule has 0 radical (unpaired) electrons. The van der Waals surface area contributed by atoms with Gasteiger partial charge in [-0.15, -0.1) is 0 Å². The molecule has 0 spiro atoms. The Bertz CT molecular complexity index is 1220. The molecule has 6 nitrogen and oxygen atoms in total. The van der Waals surface area contributed by atoms with Crippen molar-refractivity contribution in [3.8, 4) is 5.75 Å². The summed E-state index contributed by atoms with van der Waals surface area (Å²) in [5.41, 5.74) is 1.10. The fourth-order valence-corrected chi connectivity index (χ4v) is 7.12. The molecule has 0 aliphatic carbocycles. The highest BCUT2D eigenvalue weighted by Crippen LogP contribution is 2.48. The van der Waals surface area contributed by atoms with E-state index in [0.717, 1.165) is 24.8 Å². The van der Waals surface area contributed by atoms with Crippen LogP contribution in [0, 0.1) is 0 Å². The molecule has 2 aromatic rings. The van der Waals surface area contributed by atoms with Crippen molar-refractivity contribution in [1.82, 2.24) is 4.31 Å². The number of halogens is 2. The van der Waals surface area contributed by atoms with Crippen LogP contribution < -0.4 is 4.74 Å². The number of hydrogen-bond donors (Lipinski definition) is 0. The maximum absolute atomic E-state index is 14.1. The molecule has 196 valence electrons. The summed E-state index contributed by atoms with van der Waals surface area (Å²) in [6.07, 6.45) is 4.52. The van der Waals surface area contributed by atoms with E-state index in [9.17, 15) is 17.6 Å². The van der Waals surface area contributed by atoms with Crippen LogP contribution in [0.5, 0.6) is 5.75 Å². The summed E-state index contributed by atoms with van der Waals surface area (Å²) in [6, 6.07) is 13.0. The van der Waals surface area contributed by atoms with Gasteiger partial charge in [-0.3, -0.25) is 0 Å². The number of esters is 1. The Morgan fingerprint density at radius 3 is 2.53 bits per heavy atom. The lowest BCUT2D eigenvalue weighted by Gasteiger charge is -2.40. The maximum Gasteiger partial charge on any atom is 0.370 e. The first-order valence-electron chi connectivity index (χ1n) is 12.2. The second-order valence-corrected chi connectivity index (χ2v) is 11.7. The number of unbranched alkanes of at least 4 members (excludes halogenated alkanes) is 1. The molecule has 1 heterocycles. The van der Waals surface area contributed by atoms with E-state index in [4.69, 9.17) is 4.74 Å². The minimum Gasteiger partial charge on any atom is -0.461 e. The lowest BCUT2D eigenvalue weighted by atomic mass is 9.76. The Hall–Kier alpha value is -2.23. The van der Waals surface area contributed by atoms with E-state index in [1.165, 1.54) is 10.4 Å².